The second-order valence-corrected chi connectivity index (χ2v) is 9.58. The van der Waals surface area contributed by atoms with E-state index in [4.69, 9.17) is 4.79 Å². The van der Waals surface area contributed by atoms with Gasteiger partial charge in [0.25, 0.3) is 0 Å². The Kier molecular flexibility index (Phi) is 5.91. The SMILES string of the molecule is CC(C)(C)Nc1cc2c(cc1O)[C@]13CCCC[C@@H]1[C@H](C2)NCC3.O=CC(F)(F)F. The monoisotopic (exact) mass is 412 g/mol. The van der Waals surface area contributed by atoms with E-state index in [1.807, 2.05) is 0 Å². The highest BCUT2D eigenvalue weighted by Crippen LogP contribution is 2.55. The van der Waals surface area contributed by atoms with Gasteiger partial charge in [0.05, 0.1) is 5.69 Å². The molecule has 3 atom stereocenters. The van der Waals surface area contributed by atoms with Crippen molar-refractivity contribution in [1.82, 2.24) is 5.32 Å². The Morgan fingerprint density at radius 2 is 1.90 bits per heavy atom. The largest absolute Gasteiger partial charge is 0.506 e. The number of benzene rings is 1. The van der Waals surface area contributed by atoms with Gasteiger partial charge in [-0.05, 0) is 82.2 Å². The molecule has 0 radical (unpaired) electrons. The van der Waals surface area contributed by atoms with Gasteiger partial charge in [-0.3, -0.25) is 4.79 Å². The van der Waals surface area contributed by atoms with E-state index in [0.29, 0.717) is 17.2 Å². The van der Waals surface area contributed by atoms with Crippen molar-refractivity contribution in [2.24, 2.45) is 5.92 Å². The third-order valence-electron chi connectivity index (χ3n) is 6.40. The standard InChI is InChI=1S/C20H30N2O.C2HF3O/c1-19(2,3)22-17-11-13-10-16-14-6-4-5-7-20(14,8-9-21-16)15(13)12-18(17)23;3-2(4,5)1-6/h11-12,14,16,21-23H,4-10H2,1-3H3;1H/t14-,16+,20+;/m1./s1. The number of phenolic OH excluding ortho intramolecular Hbond substituents is 1. The molecule has 3 N–H and O–H groups in total. The van der Waals surface area contributed by atoms with Gasteiger partial charge < -0.3 is 15.7 Å². The summed E-state index contributed by atoms with van der Waals surface area (Å²) in [5.74, 6) is 1.19. The summed E-state index contributed by atoms with van der Waals surface area (Å²) in [4.78, 5) is 8.70. The van der Waals surface area contributed by atoms with Crippen LogP contribution in [0.15, 0.2) is 12.1 Å². The highest BCUT2D eigenvalue weighted by Gasteiger charge is 2.51. The summed E-state index contributed by atoms with van der Waals surface area (Å²) in [6.45, 7) is 7.54. The number of fused-ring (bicyclic) bond motifs is 1. The summed E-state index contributed by atoms with van der Waals surface area (Å²) in [6.07, 6.45) is 2.00. The van der Waals surface area contributed by atoms with Crippen LogP contribution in [0.5, 0.6) is 5.75 Å². The maximum absolute atomic E-state index is 10.6. The van der Waals surface area contributed by atoms with Crippen molar-refractivity contribution in [3.63, 3.8) is 0 Å². The molecule has 7 heteroatoms. The van der Waals surface area contributed by atoms with Gasteiger partial charge in [-0.1, -0.05) is 12.8 Å². The highest BCUT2D eigenvalue weighted by atomic mass is 19.4. The predicted molar refractivity (Wildman–Crippen MR) is 107 cm³/mol. The van der Waals surface area contributed by atoms with Gasteiger partial charge in [0.1, 0.15) is 5.75 Å². The smallest absolute Gasteiger partial charge is 0.446 e. The lowest BCUT2D eigenvalue weighted by Gasteiger charge is -2.56. The van der Waals surface area contributed by atoms with Crippen molar-refractivity contribution in [3.8, 4) is 5.75 Å². The molecule has 29 heavy (non-hydrogen) atoms. The number of aromatic hydroxyl groups is 1. The Labute approximate surface area is 170 Å². The Balaban J connectivity index is 0.000000353. The minimum absolute atomic E-state index is 0.0415. The molecule has 0 amide bonds. The number of rotatable bonds is 1. The van der Waals surface area contributed by atoms with Crippen molar-refractivity contribution < 1.29 is 23.1 Å². The minimum Gasteiger partial charge on any atom is -0.506 e. The van der Waals surface area contributed by atoms with Crippen LogP contribution < -0.4 is 10.6 Å². The second kappa shape index (κ2) is 7.82. The van der Waals surface area contributed by atoms with E-state index in [1.165, 1.54) is 43.2 Å². The van der Waals surface area contributed by atoms with Gasteiger partial charge in [0.15, 0.2) is 0 Å². The van der Waals surface area contributed by atoms with Gasteiger partial charge in [0, 0.05) is 17.0 Å². The van der Waals surface area contributed by atoms with Gasteiger partial charge in [-0.15, -0.1) is 0 Å². The number of hydrogen-bond donors (Lipinski definition) is 3. The van der Waals surface area contributed by atoms with Crippen LogP contribution in [0.4, 0.5) is 18.9 Å². The van der Waals surface area contributed by atoms with Crippen LogP contribution in [0, 0.1) is 5.92 Å². The fraction of sp³-hybridized carbons (Fsp3) is 0.682. The van der Waals surface area contributed by atoms with Crippen LogP contribution in [-0.4, -0.2) is 35.7 Å². The maximum atomic E-state index is 10.6. The number of piperidine rings is 1. The molecule has 2 fully saturated rings. The average Bonchev–Trinajstić information content (AvgIpc) is 2.62. The van der Waals surface area contributed by atoms with Gasteiger partial charge in [0.2, 0.25) is 6.29 Å². The number of carbonyl (C=O) groups is 1. The number of phenols is 1. The molecular weight excluding hydrogens is 381 g/mol. The summed E-state index contributed by atoms with van der Waals surface area (Å²) < 4.78 is 31.2. The van der Waals surface area contributed by atoms with E-state index >= 15 is 0 Å². The molecule has 1 heterocycles. The average molecular weight is 412 g/mol. The fourth-order valence-corrected chi connectivity index (χ4v) is 5.48. The van der Waals surface area contributed by atoms with E-state index in [2.05, 4.69) is 43.5 Å². The summed E-state index contributed by atoms with van der Waals surface area (Å²) in [7, 11) is 0. The van der Waals surface area contributed by atoms with E-state index in [0.717, 1.165) is 24.6 Å². The Morgan fingerprint density at radius 1 is 1.21 bits per heavy atom. The van der Waals surface area contributed by atoms with Gasteiger partial charge in [-0.25, -0.2) is 0 Å². The molecule has 0 spiro atoms. The summed E-state index contributed by atoms with van der Waals surface area (Å²) in [5, 5.41) is 17.9. The molecule has 3 aliphatic rings. The van der Waals surface area contributed by atoms with Crippen LogP contribution in [0.2, 0.25) is 0 Å². The molecule has 1 saturated heterocycles. The Hall–Kier alpha value is -1.76. The van der Waals surface area contributed by atoms with Crippen molar-refractivity contribution in [1.29, 1.82) is 0 Å². The zero-order valence-electron chi connectivity index (χ0n) is 17.3. The molecule has 1 aromatic carbocycles. The minimum atomic E-state index is -4.64. The van der Waals surface area contributed by atoms with Gasteiger partial charge in [-0.2, -0.15) is 13.2 Å². The molecule has 2 bridgehead atoms. The number of halogens is 3. The van der Waals surface area contributed by atoms with E-state index in [9.17, 15) is 18.3 Å². The first-order chi connectivity index (χ1) is 13.5. The number of alkyl halides is 3. The molecule has 2 aliphatic carbocycles. The lowest BCUT2D eigenvalue weighted by Crippen LogP contribution is -2.59. The summed E-state index contributed by atoms with van der Waals surface area (Å²) in [5.41, 5.74) is 4.07. The van der Waals surface area contributed by atoms with Crippen LogP contribution in [-0.2, 0) is 16.6 Å². The van der Waals surface area contributed by atoms with Crippen LogP contribution in [0.3, 0.4) is 0 Å². The number of aldehydes is 1. The molecule has 1 aliphatic heterocycles. The second-order valence-electron chi connectivity index (χ2n) is 9.58. The third kappa shape index (κ3) is 4.71. The van der Waals surface area contributed by atoms with Crippen molar-refractivity contribution >= 4 is 12.0 Å². The number of carbonyl (C=O) groups excluding carboxylic acids is 1. The summed E-state index contributed by atoms with van der Waals surface area (Å²) >= 11 is 0. The van der Waals surface area contributed by atoms with Crippen LogP contribution in [0.1, 0.15) is 64.0 Å². The molecule has 0 aromatic heterocycles. The zero-order chi connectivity index (χ0) is 21.4. The molecule has 0 unspecified atom stereocenters. The normalized spacial score (nSPS) is 28.3. The quantitative estimate of drug-likeness (QED) is 0.462. The van der Waals surface area contributed by atoms with Crippen molar-refractivity contribution in [2.45, 2.75) is 82.5 Å². The number of hydrogen-bond acceptors (Lipinski definition) is 4. The molecule has 4 rings (SSSR count). The third-order valence-corrected chi connectivity index (χ3v) is 6.40. The maximum Gasteiger partial charge on any atom is 0.446 e. The number of nitrogens with one attached hydrogen (secondary N) is 2. The van der Waals surface area contributed by atoms with E-state index in [1.54, 1.807) is 0 Å². The first-order valence-corrected chi connectivity index (χ1v) is 10.4. The lowest BCUT2D eigenvalue weighted by molar-refractivity contribution is -0.156. The Bertz CT molecular complexity index is 754. The molecule has 1 saturated carbocycles. The first-order valence-electron chi connectivity index (χ1n) is 10.4. The highest BCUT2D eigenvalue weighted by molar-refractivity contribution is 5.63. The predicted octanol–water partition coefficient (Wildman–Crippen LogP) is 4.70. The van der Waals surface area contributed by atoms with Crippen molar-refractivity contribution in [3.05, 3.63) is 23.3 Å². The molecule has 4 nitrogen and oxygen atoms in total. The molecule has 162 valence electrons. The lowest BCUT2D eigenvalue weighted by atomic mass is 9.53. The molecule has 1 aromatic rings. The zero-order valence-corrected chi connectivity index (χ0v) is 17.3. The van der Waals surface area contributed by atoms with Gasteiger partial charge >= 0.3 is 6.18 Å². The van der Waals surface area contributed by atoms with E-state index < -0.39 is 12.5 Å². The topological polar surface area (TPSA) is 61.4 Å². The van der Waals surface area contributed by atoms with Crippen LogP contribution >= 0.6 is 0 Å². The summed E-state index contributed by atoms with van der Waals surface area (Å²) in [6, 6.07) is 4.95. The molecular formula is C22H31F3N2O2. The van der Waals surface area contributed by atoms with E-state index in [-0.39, 0.29) is 5.54 Å². The Morgan fingerprint density at radius 3 is 2.52 bits per heavy atom. The first kappa shape index (κ1) is 21.9. The fourth-order valence-electron chi connectivity index (χ4n) is 5.48. The van der Waals surface area contributed by atoms with Crippen molar-refractivity contribution in [2.75, 3.05) is 11.9 Å². The van der Waals surface area contributed by atoms with Crippen LogP contribution in [0.25, 0.3) is 0 Å². The number of anilines is 1.